The van der Waals surface area contributed by atoms with Crippen molar-refractivity contribution < 1.29 is 42.8 Å². The molecule has 0 radical (unpaired) electrons. The number of hydrogen-bond donors (Lipinski definition) is 0. The van der Waals surface area contributed by atoms with E-state index < -0.39 is 41.9 Å². The first kappa shape index (κ1) is 21.4. The summed E-state index contributed by atoms with van der Waals surface area (Å²) in [5, 5.41) is 3.88. The van der Waals surface area contributed by atoms with Crippen LogP contribution in [0.3, 0.4) is 0 Å². The van der Waals surface area contributed by atoms with Gasteiger partial charge in [-0.25, -0.2) is 0 Å². The van der Waals surface area contributed by atoms with E-state index in [4.69, 9.17) is 4.74 Å². The van der Waals surface area contributed by atoms with Gasteiger partial charge in [-0.15, -0.1) is 0 Å². The molecule has 3 amide bonds. The topological polar surface area (TPSA) is 94.8 Å². The predicted molar refractivity (Wildman–Crippen MR) is 102 cm³/mol. The predicted octanol–water partition coefficient (Wildman–Crippen LogP) is -1.08. The average Bonchev–Trinajstić information content (AvgIpc) is 2.95. The van der Waals surface area contributed by atoms with Gasteiger partial charge in [0.2, 0.25) is 0 Å². The van der Waals surface area contributed by atoms with E-state index in [0.717, 1.165) is 4.90 Å². The van der Waals surface area contributed by atoms with Crippen LogP contribution in [0.1, 0.15) is 33.2 Å². The number of nitrogens with zero attached hydrogens (tertiary/aromatic N) is 2. The van der Waals surface area contributed by atoms with Crippen LogP contribution in [-0.2, 0) is 14.3 Å². The van der Waals surface area contributed by atoms with E-state index >= 15 is 0 Å². The number of esters is 1. The summed E-state index contributed by atoms with van der Waals surface area (Å²) in [5.74, 6) is 3.32. The number of hydrogen-bond acceptors (Lipinski definition) is 5. The average molecular weight is 394 g/mol. The van der Waals surface area contributed by atoms with Crippen LogP contribution in [0.2, 0.25) is 0 Å². The fourth-order valence-electron chi connectivity index (χ4n) is 3.35. The van der Waals surface area contributed by atoms with E-state index in [9.17, 15) is 19.2 Å². The van der Waals surface area contributed by atoms with Gasteiger partial charge in [-0.2, -0.15) is 0 Å². The van der Waals surface area contributed by atoms with Crippen molar-refractivity contribution in [2.75, 3.05) is 0 Å². The molecular weight excluding hydrogens is 379 g/mol. The number of imide groups is 1. The Morgan fingerprint density at radius 1 is 1.00 bits per heavy atom. The summed E-state index contributed by atoms with van der Waals surface area (Å²) < 4.78 is 5.25. The summed E-state index contributed by atoms with van der Waals surface area (Å²) in [4.78, 5) is 50.1. The van der Waals surface area contributed by atoms with Crippen LogP contribution in [0.25, 0.3) is 5.32 Å². The Kier molecular flexibility index (Phi) is 6.12. The normalized spacial score (nSPS) is 20.0. The number of ether oxygens (including phenoxy) is 1. The van der Waals surface area contributed by atoms with E-state index in [0.29, 0.717) is 5.56 Å². The second-order valence-electron chi connectivity index (χ2n) is 6.59. The second-order valence-corrected chi connectivity index (χ2v) is 6.59. The summed E-state index contributed by atoms with van der Waals surface area (Å²) in [6.45, 7) is 1.22. The van der Waals surface area contributed by atoms with E-state index in [2.05, 4.69) is 17.2 Å². The standard InChI is InChI=1S/C22H16N2O5.Li/c1-13(25)29-17(12-11-14-7-3-2-4-8-14)18-19(20(26)23-18)24-21(27)15-9-5-6-10-16(15)22(24)28;/h2-10,17-19H,1H3,(H,23,26);/q;+1/p-1/t17-,18+,19-;/m1./s1. The number of benzene rings is 2. The number of fused-ring (bicyclic) bond motifs is 1. The Morgan fingerprint density at radius 3 is 2.10 bits per heavy atom. The SMILES string of the molecule is CC(=O)O[C@H](C#Cc1ccccc1)[C@@H]1[N-]C(=O)[C@@H]1N1C(=O)c2ccccc2C1=O.[Li+]. The molecule has 0 aromatic heterocycles. The molecular formula is C22H15LiN2O5. The van der Waals surface area contributed by atoms with Crippen LogP contribution in [0.4, 0.5) is 0 Å². The molecule has 7 nitrogen and oxygen atoms in total. The molecule has 144 valence electrons. The molecule has 2 aliphatic rings. The molecule has 2 aliphatic heterocycles. The molecule has 2 heterocycles. The smallest absolute Gasteiger partial charge is 0.643 e. The third kappa shape index (κ3) is 3.76. The first-order valence-electron chi connectivity index (χ1n) is 8.93. The fraction of sp³-hybridized carbons (Fsp3) is 0.182. The number of β-lactam (4-membered cyclic amide) rings is 1. The molecule has 2 aromatic rings. The zero-order valence-corrected chi connectivity index (χ0v) is 16.4. The number of amides is 3. The number of carbonyl (C=O) groups is 4. The molecule has 0 bridgehead atoms. The van der Waals surface area contributed by atoms with E-state index in [1.165, 1.54) is 19.1 Å². The van der Waals surface area contributed by atoms with Crippen molar-refractivity contribution >= 4 is 23.7 Å². The summed E-state index contributed by atoms with van der Waals surface area (Å²) in [5.41, 5.74) is 1.15. The molecule has 0 aliphatic carbocycles. The van der Waals surface area contributed by atoms with Gasteiger partial charge in [0.25, 0.3) is 11.8 Å². The van der Waals surface area contributed by atoms with Gasteiger partial charge in [0.1, 0.15) is 0 Å². The van der Waals surface area contributed by atoms with Crippen molar-refractivity contribution in [3.8, 4) is 11.8 Å². The Bertz CT molecular complexity index is 1050. The van der Waals surface area contributed by atoms with Crippen molar-refractivity contribution in [3.05, 3.63) is 76.6 Å². The molecule has 0 saturated carbocycles. The minimum Gasteiger partial charge on any atom is -0.643 e. The molecule has 3 atom stereocenters. The molecule has 1 fully saturated rings. The van der Waals surface area contributed by atoms with Crippen LogP contribution in [0, 0.1) is 11.8 Å². The van der Waals surface area contributed by atoms with Gasteiger partial charge in [0.15, 0.2) is 6.10 Å². The van der Waals surface area contributed by atoms with Crippen molar-refractivity contribution in [1.82, 2.24) is 4.90 Å². The Balaban J connectivity index is 0.00000256. The summed E-state index contributed by atoms with van der Waals surface area (Å²) >= 11 is 0. The van der Waals surface area contributed by atoms with Gasteiger partial charge in [-0.3, -0.25) is 19.3 Å². The van der Waals surface area contributed by atoms with Crippen molar-refractivity contribution in [1.29, 1.82) is 0 Å². The van der Waals surface area contributed by atoms with Crippen molar-refractivity contribution in [2.24, 2.45) is 0 Å². The van der Waals surface area contributed by atoms with Crippen LogP contribution in [-0.4, -0.2) is 46.8 Å². The van der Waals surface area contributed by atoms with Crippen molar-refractivity contribution in [3.63, 3.8) is 0 Å². The van der Waals surface area contributed by atoms with Gasteiger partial charge in [-0.05, 0) is 30.3 Å². The zero-order valence-electron chi connectivity index (χ0n) is 16.4. The van der Waals surface area contributed by atoms with Gasteiger partial charge < -0.3 is 14.8 Å². The van der Waals surface area contributed by atoms with E-state index in [1.807, 2.05) is 18.2 Å². The summed E-state index contributed by atoms with van der Waals surface area (Å²) in [6, 6.07) is 13.3. The van der Waals surface area contributed by atoms with Crippen LogP contribution in [0.15, 0.2) is 54.6 Å². The maximum absolute atomic E-state index is 12.7. The monoisotopic (exact) mass is 394 g/mol. The minimum atomic E-state index is -1.16. The zero-order chi connectivity index (χ0) is 20.5. The first-order valence-corrected chi connectivity index (χ1v) is 8.93. The molecule has 1 saturated heterocycles. The molecule has 2 aromatic carbocycles. The molecule has 0 unspecified atom stereocenters. The maximum atomic E-state index is 12.7. The van der Waals surface area contributed by atoms with E-state index in [-0.39, 0.29) is 30.0 Å². The van der Waals surface area contributed by atoms with Crippen LogP contribution in [0.5, 0.6) is 0 Å². The second kappa shape index (κ2) is 8.59. The third-order valence-electron chi connectivity index (χ3n) is 4.69. The largest absolute Gasteiger partial charge is 1.00 e. The van der Waals surface area contributed by atoms with Gasteiger partial charge in [0, 0.05) is 12.5 Å². The number of carbonyl (C=O) groups excluding carboxylic acids is 4. The fourth-order valence-corrected chi connectivity index (χ4v) is 3.35. The van der Waals surface area contributed by atoms with Crippen LogP contribution >= 0.6 is 0 Å². The van der Waals surface area contributed by atoms with Crippen molar-refractivity contribution in [2.45, 2.75) is 25.1 Å². The minimum absolute atomic E-state index is 0. The number of rotatable bonds is 3. The van der Waals surface area contributed by atoms with Gasteiger partial charge in [0.05, 0.1) is 23.1 Å². The van der Waals surface area contributed by atoms with Gasteiger partial charge in [-0.1, -0.05) is 42.2 Å². The Labute approximate surface area is 184 Å². The third-order valence-corrected chi connectivity index (χ3v) is 4.69. The first-order chi connectivity index (χ1) is 14.0. The Hall–Kier alpha value is -3.32. The summed E-state index contributed by atoms with van der Waals surface area (Å²) in [7, 11) is 0. The molecule has 30 heavy (non-hydrogen) atoms. The maximum Gasteiger partial charge on any atom is 1.00 e. The van der Waals surface area contributed by atoms with Crippen LogP contribution < -0.4 is 18.9 Å². The van der Waals surface area contributed by atoms with E-state index in [1.54, 1.807) is 24.3 Å². The molecule has 4 rings (SSSR count). The quantitative estimate of drug-likeness (QED) is 0.217. The molecule has 0 N–H and O–H groups in total. The Morgan fingerprint density at radius 2 is 1.57 bits per heavy atom. The summed E-state index contributed by atoms with van der Waals surface area (Å²) in [6.07, 6.45) is -1.07. The molecule has 0 spiro atoms. The molecule has 8 heteroatoms. The van der Waals surface area contributed by atoms with Gasteiger partial charge >= 0.3 is 24.8 Å².